The van der Waals surface area contributed by atoms with E-state index in [1.807, 2.05) is 0 Å². The fourth-order valence-electron chi connectivity index (χ4n) is 1.76. The lowest BCUT2D eigenvalue weighted by molar-refractivity contribution is 0.102. The molecule has 0 fully saturated rings. The molecule has 2 aromatic rings. The van der Waals surface area contributed by atoms with E-state index in [4.69, 9.17) is 16.7 Å². The van der Waals surface area contributed by atoms with Crippen LogP contribution in [0.4, 0.5) is 10.1 Å². The van der Waals surface area contributed by atoms with Gasteiger partial charge in [0, 0.05) is 17.3 Å². The average molecular weight is 294 g/mol. The molecule has 0 aliphatic rings. The van der Waals surface area contributed by atoms with Crippen LogP contribution in [0.15, 0.2) is 42.5 Å². The van der Waals surface area contributed by atoms with Crippen molar-refractivity contribution in [1.82, 2.24) is 0 Å². The lowest BCUT2D eigenvalue weighted by Gasteiger charge is -2.07. The number of aliphatic hydroxyl groups excluding tert-OH is 1. The van der Waals surface area contributed by atoms with E-state index in [0.29, 0.717) is 12.1 Å². The van der Waals surface area contributed by atoms with E-state index in [2.05, 4.69) is 5.32 Å². The highest BCUT2D eigenvalue weighted by Gasteiger charge is 2.12. The minimum Gasteiger partial charge on any atom is -0.396 e. The molecule has 0 saturated heterocycles. The molecule has 3 nitrogen and oxygen atoms in total. The first-order valence-electron chi connectivity index (χ1n) is 6.06. The first-order chi connectivity index (χ1) is 9.60. The topological polar surface area (TPSA) is 49.3 Å². The molecule has 0 aromatic heterocycles. The summed E-state index contributed by atoms with van der Waals surface area (Å²) in [5.74, 6) is -1.19. The second-order valence-corrected chi connectivity index (χ2v) is 4.69. The molecule has 5 heteroatoms. The first kappa shape index (κ1) is 14.5. The van der Waals surface area contributed by atoms with Crippen molar-refractivity contribution in [3.8, 4) is 0 Å². The number of halogens is 2. The maximum absolute atomic E-state index is 13.6. The zero-order valence-corrected chi connectivity index (χ0v) is 11.3. The highest BCUT2D eigenvalue weighted by Crippen LogP contribution is 2.17. The third kappa shape index (κ3) is 3.56. The van der Waals surface area contributed by atoms with E-state index in [1.165, 1.54) is 12.1 Å². The minimum atomic E-state index is -0.660. The number of carbonyl (C=O) groups excluding carboxylic acids is 1. The molecule has 2 rings (SSSR count). The van der Waals surface area contributed by atoms with Crippen LogP contribution in [0.2, 0.25) is 5.02 Å². The molecule has 0 spiro atoms. The third-order valence-electron chi connectivity index (χ3n) is 2.79. The van der Waals surface area contributed by atoms with Gasteiger partial charge < -0.3 is 10.4 Å². The van der Waals surface area contributed by atoms with Gasteiger partial charge in [-0.15, -0.1) is 0 Å². The molecular weight excluding hydrogens is 281 g/mol. The van der Waals surface area contributed by atoms with Gasteiger partial charge in [-0.05, 0) is 42.3 Å². The van der Waals surface area contributed by atoms with Crippen molar-refractivity contribution in [2.75, 3.05) is 11.9 Å². The molecule has 0 radical (unpaired) electrons. The highest BCUT2D eigenvalue weighted by atomic mass is 35.5. The van der Waals surface area contributed by atoms with Crippen LogP contribution in [0.3, 0.4) is 0 Å². The molecule has 0 unspecified atom stereocenters. The van der Waals surface area contributed by atoms with E-state index in [0.717, 1.165) is 11.6 Å². The van der Waals surface area contributed by atoms with Gasteiger partial charge in [0.1, 0.15) is 5.82 Å². The number of anilines is 1. The molecule has 2 N–H and O–H groups in total. The van der Waals surface area contributed by atoms with Crippen LogP contribution in [-0.4, -0.2) is 17.6 Å². The summed E-state index contributed by atoms with van der Waals surface area (Å²) in [6, 6.07) is 10.9. The van der Waals surface area contributed by atoms with Crippen molar-refractivity contribution in [3.63, 3.8) is 0 Å². The normalized spacial score (nSPS) is 10.3. The van der Waals surface area contributed by atoms with Crippen LogP contribution < -0.4 is 5.32 Å². The molecule has 0 saturated carbocycles. The van der Waals surface area contributed by atoms with Crippen molar-refractivity contribution in [1.29, 1.82) is 0 Å². The smallest absolute Gasteiger partial charge is 0.258 e. The van der Waals surface area contributed by atoms with E-state index in [1.54, 1.807) is 24.3 Å². The summed E-state index contributed by atoms with van der Waals surface area (Å²) in [5.41, 5.74) is 1.46. The Kier molecular flexibility index (Phi) is 4.71. The zero-order chi connectivity index (χ0) is 14.5. The van der Waals surface area contributed by atoms with Crippen molar-refractivity contribution in [2.24, 2.45) is 0 Å². The number of benzene rings is 2. The maximum atomic E-state index is 13.6. The first-order valence-corrected chi connectivity index (χ1v) is 6.44. The molecule has 0 aliphatic carbocycles. The van der Waals surface area contributed by atoms with Crippen molar-refractivity contribution in [3.05, 3.63) is 64.4 Å². The lowest BCUT2D eigenvalue weighted by atomic mass is 10.1. The number of hydrogen-bond donors (Lipinski definition) is 2. The largest absolute Gasteiger partial charge is 0.396 e. The number of amides is 1. The van der Waals surface area contributed by atoms with Gasteiger partial charge in [0.15, 0.2) is 0 Å². The van der Waals surface area contributed by atoms with E-state index in [-0.39, 0.29) is 17.2 Å². The monoisotopic (exact) mass is 293 g/mol. The summed E-state index contributed by atoms with van der Waals surface area (Å²) in [6.45, 7) is 0.0711. The second kappa shape index (κ2) is 6.50. The zero-order valence-electron chi connectivity index (χ0n) is 10.6. The number of nitrogens with one attached hydrogen (secondary N) is 1. The quantitative estimate of drug-likeness (QED) is 0.909. The van der Waals surface area contributed by atoms with Crippen molar-refractivity contribution in [2.45, 2.75) is 6.42 Å². The van der Waals surface area contributed by atoms with Crippen molar-refractivity contribution < 1.29 is 14.3 Å². The van der Waals surface area contributed by atoms with Crippen LogP contribution in [0.25, 0.3) is 0 Å². The number of hydrogen-bond acceptors (Lipinski definition) is 2. The Balaban J connectivity index is 2.11. The SMILES string of the molecule is O=C(Nc1ccc(CCO)cc1)c1ccc(Cl)cc1F. The predicted molar refractivity (Wildman–Crippen MR) is 76.6 cm³/mol. The van der Waals surface area contributed by atoms with Gasteiger partial charge >= 0.3 is 0 Å². The predicted octanol–water partition coefficient (Wildman–Crippen LogP) is 3.27. The van der Waals surface area contributed by atoms with Crippen LogP contribution in [0, 0.1) is 5.82 Å². The minimum absolute atomic E-state index is 0.0613. The molecule has 0 atom stereocenters. The van der Waals surface area contributed by atoms with Crippen LogP contribution in [0.5, 0.6) is 0 Å². The third-order valence-corrected chi connectivity index (χ3v) is 3.02. The number of carbonyl (C=O) groups is 1. The molecule has 0 bridgehead atoms. The van der Waals surface area contributed by atoms with E-state index < -0.39 is 11.7 Å². The maximum Gasteiger partial charge on any atom is 0.258 e. The summed E-state index contributed by atoms with van der Waals surface area (Å²) in [4.78, 5) is 11.9. The van der Waals surface area contributed by atoms with Gasteiger partial charge in [-0.25, -0.2) is 4.39 Å². The Morgan fingerprint density at radius 1 is 1.20 bits per heavy atom. The Morgan fingerprint density at radius 3 is 2.50 bits per heavy atom. The Bertz CT molecular complexity index is 614. The molecule has 104 valence electrons. The van der Waals surface area contributed by atoms with Gasteiger partial charge in [0.25, 0.3) is 5.91 Å². The Hall–Kier alpha value is -1.91. The molecule has 0 heterocycles. The van der Waals surface area contributed by atoms with E-state index >= 15 is 0 Å². The Labute approximate surface area is 121 Å². The molecule has 1 amide bonds. The summed E-state index contributed by atoms with van der Waals surface area (Å²) in [7, 11) is 0. The Morgan fingerprint density at radius 2 is 1.90 bits per heavy atom. The van der Waals surface area contributed by atoms with Crippen molar-refractivity contribution >= 4 is 23.2 Å². The summed E-state index contributed by atoms with van der Waals surface area (Å²) in [5, 5.41) is 11.7. The summed E-state index contributed by atoms with van der Waals surface area (Å²) >= 11 is 5.64. The van der Waals surface area contributed by atoms with Gasteiger partial charge in [0.2, 0.25) is 0 Å². The number of rotatable bonds is 4. The van der Waals surface area contributed by atoms with Crippen LogP contribution >= 0.6 is 11.6 Å². The summed E-state index contributed by atoms with van der Waals surface area (Å²) < 4.78 is 13.6. The molecule has 20 heavy (non-hydrogen) atoms. The second-order valence-electron chi connectivity index (χ2n) is 4.25. The molecular formula is C15H13ClFNO2. The average Bonchev–Trinajstić information content (AvgIpc) is 2.41. The fraction of sp³-hybridized carbons (Fsp3) is 0.133. The van der Waals surface area contributed by atoms with Gasteiger partial charge in [-0.3, -0.25) is 4.79 Å². The highest BCUT2D eigenvalue weighted by molar-refractivity contribution is 6.30. The van der Waals surface area contributed by atoms with Crippen LogP contribution in [-0.2, 0) is 6.42 Å². The summed E-state index contributed by atoms with van der Waals surface area (Å²) in [6.07, 6.45) is 0.556. The standard InChI is InChI=1S/C15H13ClFNO2/c16-11-3-6-13(14(17)9-11)15(20)18-12-4-1-10(2-5-12)7-8-19/h1-6,9,19H,7-8H2,(H,18,20). The fourth-order valence-corrected chi connectivity index (χ4v) is 1.91. The molecule has 0 aliphatic heterocycles. The van der Waals surface area contributed by atoms with Gasteiger partial charge in [-0.1, -0.05) is 23.7 Å². The van der Waals surface area contributed by atoms with E-state index in [9.17, 15) is 9.18 Å². The van der Waals surface area contributed by atoms with Gasteiger partial charge in [0.05, 0.1) is 5.56 Å². The molecule has 2 aromatic carbocycles. The number of aliphatic hydroxyl groups is 1. The van der Waals surface area contributed by atoms with Gasteiger partial charge in [-0.2, -0.15) is 0 Å². The lowest BCUT2D eigenvalue weighted by Crippen LogP contribution is -2.13. The van der Waals surface area contributed by atoms with Crippen LogP contribution in [0.1, 0.15) is 15.9 Å².